The van der Waals surface area contributed by atoms with Crippen LogP contribution in [0.25, 0.3) is 0 Å². The molecular weight excluding hydrogens is 312 g/mol. The first-order valence-corrected chi connectivity index (χ1v) is 9.55. The highest BCUT2D eigenvalue weighted by molar-refractivity contribution is 5.80. The fourth-order valence-electron chi connectivity index (χ4n) is 4.27. The van der Waals surface area contributed by atoms with Gasteiger partial charge in [-0.1, -0.05) is 18.2 Å². The third-order valence-corrected chi connectivity index (χ3v) is 5.80. The second-order valence-electron chi connectivity index (χ2n) is 7.23. The van der Waals surface area contributed by atoms with E-state index < -0.39 is 0 Å². The van der Waals surface area contributed by atoms with E-state index in [0.29, 0.717) is 6.04 Å². The Morgan fingerprint density at radius 2 is 1.72 bits per heavy atom. The molecule has 0 saturated carbocycles. The number of aliphatic imine (C=N–C) groups is 1. The number of hydrogen-bond donors (Lipinski definition) is 1. The van der Waals surface area contributed by atoms with E-state index >= 15 is 0 Å². The lowest BCUT2D eigenvalue weighted by Gasteiger charge is -2.48. The number of piperazine rings is 4. The number of fused-ring (bicyclic) bond motifs is 3. The summed E-state index contributed by atoms with van der Waals surface area (Å²) in [4.78, 5) is 14.6. The van der Waals surface area contributed by atoms with Crippen LogP contribution >= 0.6 is 0 Å². The Bertz CT molecular complexity index is 573. The van der Waals surface area contributed by atoms with Crippen molar-refractivity contribution >= 4 is 11.6 Å². The molecular formula is C19H30N6. The lowest BCUT2D eigenvalue weighted by atomic mass is 10.1. The van der Waals surface area contributed by atoms with Gasteiger partial charge in [-0.15, -0.1) is 0 Å². The topological polar surface area (TPSA) is 37.4 Å². The van der Waals surface area contributed by atoms with Crippen LogP contribution in [0.1, 0.15) is 0 Å². The van der Waals surface area contributed by atoms with E-state index in [0.717, 1.165) is 38.7 Å². The SMILES string of the molecule is CN=C(NCC1CN2CCN1CC2)N1CCN(c2ccccc2)CC1. The maximum Gasteiger partial charge on any atom is 0.193 e. The van der Waals surface area contributed by atoms with Crippen molar-refractivity contribution in [3.8, 4) is 0 Å². The van der Waals surface area contributed by atoms with Crippen molar-refractivity contribution in [2.45, 2.75) is 6.04 Å². The van der Waals surface area contributed by atoms with Gasteiger partial charge in [0.2, 0.25) is 0 Å². The van der Waals surface area contributed by atoms with Gasteiger partial charge in [-0.2, -0.15) is 0 Å². The van der Waals surface area contributed by atoms with Gasteiger partial charge < -0.3 is 15.1 Å². The number of benzene rings is 1. The van der Waals surface area contributed by atoms with Crippen molar-refractivity contribution < 1.29 is 0 Å². The Hall–Kier alpha value is -1.79. The van der Waals surface area contributed by atoms with E-state index in [9.17, 15) is 0 Å². The molecule has 0 aromatic heterocycles. The molecule has 0 radical (unpaired) electrons. The quantitative estimate of drug-likeness (QED) is 0.635. The summed E-state index contributed by atoms with van der Waals surface area (Å²) < 4.78 is 0. The first-order valence-electron chi connectivity index (χ1n) is 9.55. The predicted octanol–water partition coefficient (Wildman–Crippen LogP) is 0.384. The maximum absolute atomic E-state index is 4.54. The minimum Gasteiger partial charge on any atom is -0.368 e. The highest BCUT2D eigenvalue weighted by Gasteiger charge is 2.32. The van der Waals surface area contributed by atoms with Gasteiger partial charge in [0.25, 0.3) is 0 Å². The zero-order valence-corrected chi connectivity index (χ0v) is 15.3. The molecule has 2 bridgehead atoms. The third kappa shape index (κ3) is 3.75. The van der Waals surface area contributed by atoms with Crippen molar-refractivity contribution in [3.63, 3.8) is 0 Å². The van der Waals surface area contributed by atoms with Crippen LogP contribution in [0, 0.1) is 0 Å². The molecule has 1 unspecified atom stereocenters. The second kappa shape index (κ2) is 7.62. The number of rotatable bonds is 3. The van der Waals surface area contributed by atoms with Gasteiger partial charge in [0.15, 0.2) is 5.96 Å². The monoisotopic (exact) mass is 342 g/mol. The van der Waals surface area contributed by atoms with Gasteiger partial charge in [0.05, 0.1) is 0 Å². The van der Waals surface area contributed by atoms with Gasteiger partial charge >= 0.3 is 0 Å². The lowest BCUT2D eigenvalue weighted by Crippen LogP contribution is -2.64. The molecule has 4 aliphatic heterocycles. The van der Waals surface area contributed by atoms with Crippen molar-refractivity contribution in [1.29, 1.82) is 0 Å². The minimum absolute atomic E-state index is 0.629. The summed E-state index contributed by atoms with van der Waals surface area (Å²) in [5.41, 5.74) is 1.32. The third-order valence-electron chi connectivity index (χ3n) is 5.80. The van der Waals surface area contributed by atoms with Gasteiger partial charge in [0.1, 0.15) is 0 Å². The first-order chi connectivity index (χ1) is 12.3. The summed E-state index contributed by atoms with van der Waals surface area (Å²) in [6.07, 6.45) is 0. The van der Waals surface area contributed by atoms with Crippen LogP contribution in [-0.4, -0.2) is 99.2 Å². The standard InChI is InChI=1S/C19H30N6/c1-20-19(21-15-18-16-22-7-9-24(18)10-8-22)25-13-11-23(12-14-25)17-5-3-2-4-6-17/h2-6,18H,7-16H2,1H3,(H,20,21). The van der Waals surface area contributed by atoms with Crippen LogP contribution < -0.4 is 10.2 Å². The Labute approximate surface area is 151 Å². The van der Waals surface area contributed by atoms with E-state index in [4.69, 9.17) is 0 Å². The van der Waals surface area contributed by atoms with Crippen LogP contribution in [0.4, 0.5) is 5.69 Å². The van der Waals surface area contributed by atoms with Gasteiger partial charge in [-0.25, -0.2) is 0 Å². The molecule has 1 N–H and O–H groups in total. The molecule has 4 fully saturated rings. The number of guanidine groups is 1. The van der Waals surface area contributed by atoms with Gasteiger partial charge in [-0.05, 0) is 12.1 Å². The zero-order valence-electron chi connectivity index (χ0n) is 15.3. The summed E-state index contributed by atoms with van der Waals surface area (Å²) >= 11 is 0. The van der Waals surface area contributed by atoms with Crippen LogP contribution in [0.15, 0.2) is 35.3 Å². The van der Waals surface area contributed by atoms with E-state index in [1.165, 1.54) is 38.4 Å². The molecule has 6 heteroatoms. The number of hydrogen-bond acceptors (Lipinski definition) is 4. The Morgan fingerprint density at radius 1 is 1.00 bits per heavy atom. The van der Waals surface area contributed by atoms with Crippen LogP contribution in [-0.2, 0) is 0 Å². The first kappa shape index (κ1) is 16.7. The highest BCUT2D eigenvalue weighted by Crippen LogP contribution is 2.16. The summed E-state index contributed by atoms with van der Waals surface area (Å²) in [7, 11) is 1.91. The van der Waals surface area contributed by atoms with Crippen molar-refractivity contribution in [1.82, 2.24) is 20.0 Å². The molecule has 0 amide bonds. The normalized spacial score (nSPS) is 29.8. The minimum atomic E-state index is 0.629. The number of nitrogens with zero attached hydrogens (tertiary/aromatic N) is 5. The Morgan fingerprint density at radius 3 is 2.32 bits per heavy atom. The molecule has 0 spiro atoms. The largest absolute Gasteiger partial charge is 0.368 e. The van der Waals surface area contributed by atoms with Crippen molar-refractivity contribution in [2.24, 2.45) is 4.99 Å². The summed E-state index contributed by atoms with van der Waals surface area (Å²) in [6, 6.07) is 11.3. The molecule has 1 aromatic rings. The van der Waals surface area contributed by atoms with Gasteiger partial charge in [-0.3, -0.25) is 14.8 Å². The summed E-state index contributed by atoms with van der Waals surface area (Å²) in [6.45, 7) is 11.3. The molecule has 25 heavy (non-hydrogen) atoms. The maximum atomic E-state index is 4.54. The van der Waals surface area contributed by atoms with Gasteiger partial charge in [0, 0.05) is 84.2 Å². The van der Waals surface area contributed by atoms with Crippen LogP contribution in [0.2, 0.25) is 0 Å². The lowest BCUT2D eigenvalue weighted by molar-refractivity contribution is 0.0152. The Balaban J connectivity index is 1.28. The molecule has 1 atom stereocenters. The van der Waals surface area contributed by atoms with Crippen LogP contribution in [0.3, 0.4) is 0 Å². The fourth-order valence-corrected chi connectivity index (χ4v) is 4.27. The fraction of sp³-hybridized carbons (Fsp3) is 0.632. The smallest absolute Gasteiger partial charge is 0.193 e. The van der Waals surface area contributed by atoms with Crippen molar-refractivity contribution in [3.05, 3.63) is 30.3 Å². The average molecular weight is 342 g/mol. The van der Waals surface area contributed by atoms with E-state index in [-0.39, 0.29) is 0 Å². The van der Waals surface area contributed by atoms with E-state index in [1.807, 2.05) is 7.05 Å². The summed E-state index contributed by atoms with van der Waals surface area (Å²) in [5.74, 6) is 1.06. The molecule has 5 rings (SSSR count). The molecule has 6 nitrogen and oxygen atoms in total. The Kier molecular flexibility index (Phi) is 5.08. The van der Waals surface area contributed by atoms with E-state index in [2.05, 4.69) is 60.2 Å². The zero-order chi connectivity index (χ0) is 17.1. The molecule has 4 saturated heterocycles. The van der Waals surface area contributed by atoms with Crippen LogP contribution in [0.5, 0.6) is 0 Å². The molecule has 4 aliphatic rings. The average Bonchev–Trinajstić information content (AvgIpc) is 2.70. The molecule has 136 valence electrons. The van der Waals surface area contributed by atoms with Crippen molar-refractivity contribution in [2.75, 3.05) is 77.4 Å². The highest BCUT2D eigenvalue weighted by atomic mass is 15.4. The number of nitrogens with one attached hydrogen (secondary N) is 1. The summed E-state index contributed by atoms with van der Waals surface area (Å²) in [5, 5.41) is 3.64. The second-order valence-corrected chi connectivity index (χ2v) is 7.23. The number of para-hydroxylation sites is 1. The molecule has 4 heterocycles. The molecule has 0 aliphatic carbocycles. The number of anilines is 1. The predicted molar refractivity (Wildman–Crippen MR) is 103 cm³/mol. The van der Waals surface area contributed by atoms with E-state index in [1.54, 1.807) is 0 Å². The molecule has 1 aromatic carbocycles.